The van der Waals surface area contributed by atoms with E-state index >= 15 is 0 Å². The van der Waals surface area contributed by atoms with Crippen molar-refractivity contribution in [2.75, 3.05) is 0 Å². The third kappa shape index (κ3) is 2.08. The number of aromatic nitrogens is 1. The van der Waals surface area contributed by atoms with Gasteiger partial charge in [0.2, 0.25) is 0 Å². The highest BCUT2D eigenvalue weighted by atomic mass is 32.1. The van der Waals surface area contributed by atoms with Crippen LogP contribution >= 0.6 is 11.3 Å². The van der Waals surface area contributed by atoms with E-state index in [1.54, 1.807) is 23.9 Å². The van der Waals surface area contributed by atoms with Crippen LogP contribution in [-0.2, 0) is 6.54 Å². The Labute approximate surface area is 109 Å². The number of thiazole rings is 1. The Kier molecular flexibility index (Phi) is 2.96. The molecule has 3 rings (SSSR count). The van der Waals surface area contributed by atoms with Gasteiger partial charge in [0.05, 0.1) is 12.0 Å². The van der Waals surface area contributed by atoms with Gasteiger partial charge >= 0.3 is 0 Å². The van der Waals surface area contributed by atoms with E-state index in [1.807, 2.05) is 24.3 Å². The maximum absolute atomic E-state index is 5.65. The second-order valence-electron chi connectivity index (χ2n) is 3.95. The molecule has 2 aromatic heterocycles. The molecule has 0 saturated heterocycles. The lowest BCUT2D eigenvalue weighted by Crippen LogP contribution is -1.95. The lowest BCUT2D eigenvalue weighted by molar-refractivity contribution is 0.568. The van der Waals surface area contributed by atoms with Gasteiger partial charge in [0.25, 0.3) is 0 Å². The fraction of sp³-hybridized carbons (Fsp3) is 0.0714. The van der Waals surface area contributed by atoms with E-state index in [2.05, 4.69) is 16.4 Å². The summed E-state index contributed by atoms with van der Waals surface area (Å²) in [5, 5.41) is 3.02. The summed E-state index contributed by atoms with van der Waals surface area (Å²) >= 11 is 1.61. The van der Waals surface area contributed by atoms with E-state index in [1.165, 1.54) is 0 Å². The summed E-state index contributed by atoms with van der Waals surface area (Å²) in [6, 6.07) is 10.1. The minimum absolute atomic E-state index is 0.548. The molecule has 1 aromatic carbocycles. The Morgan fingerprint density at radius 2 is 2.17 bits per heavy atom. The lowest BCUT2D eigenvalue weighted by Gasteiger charge is -2.00. The predicted octanol–water partition coefficient (Wildman–Crippen LogP) is 3.53. The summed E-state index contributed by atoms with van der Waals surface area (Å²) in [5.41, 5.74) is 9.86. The molecule has 3 aromatic rings. The van der Waals surface area contributed by atoms with E-state index in [0.717, 1.165) is 27.4 Å². The minimum Gasteiger partial charge on any atom is -0.472 e. The molecular weight excluding hydrogens is 244 g/mol. The highest BCUT2D eigenvalue weighted by Gasteiger charge is 2.07. The standard InChI is InChI=1S/C14H12N2OS/c15-7-10-2-1-3-11(6-10)13-9-18-14(16-13)12-4-5-17-8-12/h1-6,8-9H,7,15H2. The third-order valence-corrected chi connectivity index (χ3v) is 3.62. The Bertz CT molecular complexity index is 643. The van der Waals surface area contributed by atoms with Crippen LogP contribution in [0.2, 0.25) is 0 Å². The smallest absolute Gasteiger partial charge is 0.127 e. The molecule has 2 heterocycles. The first-order valence-electron chi connectivity index (χ1n) is 5.64. The first-order chi connectivity index (χ1) is 8.86. The molecule has 0 radical (unpaired) electrons. The summed E-state index contributed by atoms with van der Waals surface area (Å²) in [6.45, 7) is 0.548. The topological polar surface area (TPSA) is 52.0 Å². The number of nitrogens with zero attached hydrogens (tertiary/aromatic N) is 1. The molecule has 3 nitrogen and oxygen atoms in total. The highest BCUT2D eigenvalue weighted by molar-refractivity contribution is 7.13. The van der Waals surface area contributed by atoms with Crippen LogP contribution in [0.3, 0.4) is 0 Å². The zero-order valence-electron chi connectivity index (χ0n) is 9.67. The van der Waals surface area contributed by atoms with Crippen LogP contribution in [0.25, 0.3) is 21.8 Å². The number of furan rings is 1. The first-order valence-corrected chi connectivity index (χ1v) is 6.52. The number of hydrogen-bond acceptors (Lipinski definition) is 4. The predicted molar refractivity (Wildman–Crippen MR) is 73.1 cm³/mol. The van der Waals surface area contributed by atoms with Crippen molar-refractivity contribution >= 4 is 11.3 Å². The minimum atomic E-state index is 0.548. The normalized spacial score (nSPS) is 10.7. The molecule has 0 amide bonds. The Morgan fingerprint density at radius 3 is 2.94 bits per heavy atom. The molecule has 0 aliphatic heterocycles. The van der Waals surface area contributed by atoms with Gasteiger partial charge in [0.1, 0.15) is 11.3 Å². The van der Waals surface area contributed by atoms with Gasteiger partial charge in [-0.2, -0.15) is 0 Å². The number of nitrogens with two attached hydrogens (primary N) is 1. The van der Waals surface area contributed by atoms with Crippen molar-refractivity contribution in [2.24, 2.45) is 5.73 Å². The van der Waals surface area contributed by atoms with E-state index in [4.69, 9.17) is 10.2 Å². The number of benzene rings is 1. The van der Waals surface area contributed by atoms with Crippen LogP contribution in [0.4, 0.5) is 0 Å². The van der Waals surface area contributed by atoms with Gasteiger partial charge in [0.15, 0.2) is 0 Å². The maximum Gasteiger partial charge on any atom is 0.127 e. The molecule has 0 bridgehead atoms. The summed E-state index contributed by atoms with van der Waals surface area (Å²) in [7, 11) is 0. The molecule has 0 aliphatic carbocycles. The molecule has 0 atom stereocenters. The van der Waals surface area contributed by atoms with E-state index in [9.17, 15) is 0 Å². The molecule has 18 heavy (non-hydrogen) atoms. The number of rotatable bonds is 3. The van der Waals surface area contributed by atoms with Crippen molar-refractivity contribution in [1.82, 2.24) is 4.98 Å². The zero-order chi connectivity index (χ0) is 12.4. The van der Waals surface area contributed by atoms with Gasteiger partial charge in [-0.15, -0.1) is 11.3 Å². The van der Waals surface area contributed by atoms with E-state index < -0.39 is 0 Å². The Hall–Kier alpha value is -1.91. The van der Waals surface area contributed by atoms with Crippen LogP contribution in [0.15, 0.2) is 52.7 Å². The van der Waals surface area contributed by atoms with Crippen molar-refractivity contribution < 1.29 is 4.42 Å². The van der Waals surface area contributed by atoms with Crippen molar-refractivity contribution in [2.45, 2.75) is 6.54 Å². The maximum atomic E-state index is 5.65. The summed E-state index contributed by atoms with van der Waals surface area (Å²) in [6.07, 6.45) is 3.37. The molecular formula is C14H12N2OS. The van der Waals surface area contributed by atoms with Gasteiger partial charge in [-0.05, 0) is 17.7 Å². The van der Waals surface area contributed by atoms with Gasteiger partial charge in [0, 0.05) is 23.1 Å². The monoisotopic (exact) mass is 256 g/mol. The van der Waals surface area contributed by atoms with Gasteiger partial charge in [-0.3, -0.25) is 0 Å². The van der Waals surface area contributed by atoms with Crippen LogP contribution in [0.5, 0.6) is 0 Å². The van der Waals surface area contributed by atoms with Crippen LogP contribution in [-0.4, -0.2) is 4.98 Å². The SMILES string of the molecule is NCc1cccc(-c2csc(-c3ccoc3)n2)c1. The Balaban J connectivity index is 1.97. The lowest BCUT2D eigenvalue weighted by atomic mass is 10.1. The van der Waals surface area contributed by atoms with Gasteiger partial charge < -0.3 is 10.2 Å². The van der Waals surface area contributed by atoms with Crippen LogP contribution in [0.1, 0.15) is 5.56 Å². The van der Waals surface area contributed by atoms with Crippen molar-refractivity contribution in [3.8, 4) is 21.8 Å². The van der Waals surface area contributed by atoms with Gasteiger partial charge in [-0.1, -0.05) is 18.2 Å². The average molecular weight is 256 g/mol. The molecule has 2 N–H and O–H groups in total. The highest BCUT2D eigenvalue weighted by Crippen LogP contribution is 2.29. The van der Waals surface area contributed by atoms with Crippen molar-refractivity contribution in [1.29, 1.82) is 0 Å². The number of hydrogen-bond donors (Lipinski definition) is 1. The second kappa shape index (κ2) is 4.76. The van der Waals surface area contributed by atoms with Crippen LogP contribution < -0.4 is 5.73 Å². The molecule has 90 valence electrons. The fourth-order valence-electron chi connectivity index (χ4n) is 1.78. The molecule has 0 aliphatic rings. The van der Waals surface area contributed by atoms with Crippen molar-refractivity contribution in [3.05, 3.63) is 53.8 Å². The molecule has 0 saturated carbocycles. The summed E-state index contributed by atoms with van der Waals surface area (Å²) < 4.78 is 5.07. The van der Waals surface area contributed by atoms with E-state index in [-0.39, 0.29) is 0 Å². The van der Waals surface area contributed by atoms with Gasteiger partial charge in [-0.25, -0.2) is 4.98 Å². The first kappa shape index (κ1) is 11.2. The average Bonchev–Trinajstić information content (AvgIpc) is 3.09. The molecule has 0 fully saturated rings. The quantitative estimate of drug-likeness (QED) is 0.780. The largest absolute Gasteiger partial charge is 0.472 e. The molecule has 0 unspecified atom stereocenters. The van der Waals surface area contributed by atoms with Crippen molar-refractivity contribution in [3.63, 3.8) is 0 Å². The second-order valence-corrected chi connectivity index (χ2v) is 4.81. The summed E-state index contributed by atoms with van der Waals surface area (Å²) in [5.74, 6) is 0. The van der Waals surface area contributed by atoms with Crippen LogP contribution in [0, 0.1) is 0 Å². The summed E-state index contributed by atoms with van der Waals surface area (Å²) in [4.78, 5) is 4.62. The third-order valence-electron chi connectivity index (χ3n) is 2.73. The van der Waals surface area contributed by atoms with E-state index in [0.29, 0.717) is 6.54 Å². The fourth-order valence-corrected chi connectivity index (χ4v) is 2.60. The molecule has 4 heteroatoms. The molecule has 0 spiro atoms. The zero-order valence-corrected chi connectivity index (χ0v) is 10.5. The Morgan fingerprint density at radius 1 is 1.22 bits per heavy atom.